The Bertz CT molecular complexity index is 263. The largest absolute Gasteiger partial charge is 0.0689 e. The number of rotatable bonds is 2. The highest BCUT2D eigenvalue weighted by molar-refractivity contribution is 6.80. The van der Waals surface area contributed by atoms with Crippen molar-refractivity contribution in [2.75, 3.05) is 0 Å². The summed E-state index contributed by atoms with van der Waals surface area (Å²) in [6.45, 7) is 15.6. The first-order valence-electron chi connectivity index (χ1n) is 8.37. The molecule has 2 saturated carbocycles. The SMILES string of the molecule is CC1C(C)[C@@H](C)[C@@H](C)C1[Si](C)(C)C1CCCCC1. The van der Waals surface area contributed by atoms with Gasteiger partial charge in [0.15, 0.2) is 0 Å². The molecule has 0 aliphatic heterocycles. The highest BCUT2D eigenvalue weighted by atomic mass is 28.3. The number of hydrogen-bond donors (Lipinski definition) is 0. The molecule has 0 bridgehead atoms. The molecule has 2 aliphatic rings. The second-order valence-electron chi connectivity index (χ2n) is 8.12. The van der Waals surface area contributed by atoms with Crippen LogP contribution in [0, 0.1) is 23.7 Å². The summed E-state index contributed by atoms with van der Waals surface area (Å²) in [7, 11) is -1.08. The molecule has 0 radical (unpaired) electrons. The summed E-state index contributed by atoms with van der Waals surface area (Å²) >= 11 is 0. The fraction of sp³-hybridized carbons (Fsp3) is 1.00. The van der Waals surface area contributed by atoms with Crippen LogP contribution in [0.3, 0.4) is 0 Å². The maximum absolute atomic E-state index is 2.73. The van der Waals surface area contributed by atoms with Crippen LogP contribution >= 0.6 is 0 Å². The highest BCUT2D eigenvalue weighted by Gasteiger charge is 2.51. The fourth-order valence-corrected chi connectivity index (χ4v) is 11.3. The lowest BCUT2D eigenvalue weighted by molar-refractivity contribution is 0.352. The average molecular weight is 267 g/mol. The van der Waals surface area contributed by atoms with Crippen molar-refractivity contribution >= 4 is 8.07 Å². The minimum absolute atomic E-state index is 0.945. The van der Waals surface area contributed by atoms with E-state index in [2.05, 4.69) is 40.8 Å². The fourth-order valence-electron chi connectivity index (χ4n) is 5.56. The van der Waals surface area contributed by atoms with E-state index in [-0.39, 0.29) is 0 Å². The highest BCUT2D eigenvalue weighted by Crippen LogP contribution is 2.57. The molecule has 0 aromatic rings. The van der Waals surface area contributed by atoms with Crippen molar-refractivity contribution in [1.82, 2.24) is 0 Å². The molecule has 2 aliphatic carbocycles. The molecule has 1 heteroatoms. The predicted molar refractivity (Wildman–Crippen MR) is 84.7 cm³/mol. The van der Waals surface area contributed by atoms with Crippen LogP contribution in [-0.4, -0.2) is 8.07 Å². The van der Waals surface area contributed by atoms with Crippen LogP contribution in [0.2, 0.25) is 24.2 Å². The van der Waals surface area contributed by atoms with Crippen molar-refractivity contribution in [3.05, 3.63) is 0 Å². The second kappa shape index (κ2) is 5.30. The van der Waals surface area contributed by atoms with E-state index in [9.17, 15) is 0 Å². The van der Waals surface area contributed by atoms with Crippen LogP contribution in [0.1, 0.15) is 59.8 Å². The van der Waals surface area contributed by atoms with Crippen molar-refractivity contribution in [2.24, 2.45) is 23.7 Å². The number of hydrogen-bond acceptors (Lipinski definition) is 0. The zero-order valence-corrected chi connectivity index (χ0v) is 14.5. The Labute approximate surface area is 116 Å². The van der Waals surface area contributed by atoms with Gasteiger partial charge in [-0.15, -0.1) is 0 Å². The van der Waals surface area contributed by atoms with Gasteiger partial charge >= 0.3 is 0 Å². The Morgan fingerprint density at radius 1 is 0.667 bits per heavy atom. The van der Waals surface area contributed by atoms with Gasteiger partial charge in [-0.25, -0.2) is 0 Å². The van der Waals surface area contributed by atoms with Crippen molar-refractivity contribution in [3.63, 3.8) is 0 Å². The van der Waals surface area contributed by atoms with Gasteiger partial charge < -0.3 is 0 Å². The molecule has 0 aromatic carbocycles. The Balaban J connectivity index is 2.17. The zero-order valence-electron chi connectivity index (χ0n) is 13.5. The first-order valence-corrected chi connectivity index (χ1v) is 11.5. The minimum atomic E-state index is -1.08. The third-order valence-corrected chi connectivity index (χ3v) is 12.6. The van der Waals surface area contributed by atoms with Gasteiger partial charge in [0, 0.05) is 0 Å². The lowest BCUT2D eigenvalue weighted by atomic mass is 9.92. The topological polar surface area (TPSA) is 0 Å². The summed E-state index contributed by atoms with van der Waals surface area (Å²) in [6, 6.07) is 0. The lowest BCUT2D eigenvalue weighted by Gasteiger charge is -2.44. The van der Waals surface area contributed by atoms with Gasteiger partial charge in [0.1, 0.15) is 0 Å². The average Bonchev–Trinajstić information content (AvgIpc) is 2.55. The van der Waals surface area contributed by atoms with Crippen LogP contribution in [0.25, 0.3) is 0 Å². The van der Waals surface area contributed by atoms with Gasteiger partial charge in [-0.2, -0.15) is 0 Å². The summed E-state index contributed by atoms with van der Waals surface area (Å²) in [4.78, 5) is 0. The van der Waals surface area contributed by atoms with E-state index in [4.69, 9.17) is 0 Å². The van der Waals surface area contributed by atoms with Crippen molar-refractivity contribution < 1.29 is 0 Å². The molecule has 0 spiro atoms. The van der Waals surface area contributed by atoms with Gasteiger partial charge in [-0.1, -0.05) is 72.9 Å². The predicted octanol–water partition coefficient (Wildman–Crippen LogP) is 5.96. The molecule has 0 amide bonds. The Kier molecular flexibility index (Phi) is 4.31. The molecule has 2 fully saturated rings. The summed E-state index contributed by atoms with van der Waals surface area (Å²) in [5, 5.41) is 0. The molecular formula is C17H34Si. The smallest absolute Gasteiger partial charge is 0.0541 e. The summed E-state index contributed by atoms with van der Waals surface area (Å²) in [5.41, 5.74) is 2.20. The molecule has 5 atom stereocenters. The monoisotopic (exact) mass is 266 g/mol. The van der Waals surface area contributed by atoms with Gasteiger partial charge in [-0.05, 0) is 34.8 Å². The van der Waals surface area contributed by atoms with Gasteiger partial charge in [0.05, 0.1) is 8.07 Å². The third kappa shape index (κ3) is 2.32. The quantitative estimate of drug-likeness (QED) is 0.541. The molecule has 3 unspecified atom stereocenters. The van der Waals surface area contributed by atoms with E-state index >= 15 is 0 Å². The first kappa shape index (κ1) is 14.6. The maximum atomic E-state index is 2.73. The van der Waals surface area contributed by atoms with Gasteiger partial charge in [0.25, 0.3) is 0 Å². The molecule has 0 heterocycles. The Morgan fingerprint density at radius 2 is 1.11 bits per heavy atom. The molecule has 0 N–H and O–H groups in total. The van der Waals surface area contributed by atoms with Crippen LogP contribution in [0.4, 0.5) is 0 Å². The van der Waals surface area contributed by atoms with Crippen LogP contribution in [-0.2, 0) is 0 Å². The molecule has 0 saturated heterocycles. The molecule has 106 valence electrons. The standard InChI is InChI=1S/C17H34Si/c1-12-13(2)15(4)17(14(12)3)18(5,6)16-10-8-7-9-11-16/h12-17H,7-11H2,1-6H3/t12-,13?,14-,15?,17?/m1/s1. The second-order valence-corrected chi connectivity index (χ2v) is 13.2. The van der Waals surface area contributed by atoms with E-state index in [1.165, 1.54) is 19.3 Å². The molecule has 0 nitrogen and oxygen atoms in total. The van der Waals surface area contributed by atoms with E-state index < -0.39 is 8.07 Å². The van der Waals surface area contributed by atoms with Gasteiger partial charge in [0.2, 0.25) is 0 Å². The van der Waals surface area contributed by atoms with Gasteiger partial charge in [-0.3, -0.25) is 0 Å². The minimum Gasteiger partial charge on any atom is -0.0689 e. The molecule has 18 heavy (non-hydrogen) atoms. The van der Waals surface area contributed by atoms with Crippen molar-refractivity contribution in [3.8, 4) is 0 Å². The molecule has 2 rings (SSSR count). The van der Waals surface area contributed by atoms with Crippen LogP contribution in [0.15, 0.2) is 0 Å². The normalized spacial score (nSPS) is 43.3. The van der Waals surface area contributed by atoms with E-state index in [0.29, 0.717) is 0 Å². The van der Waals surface area contributed by atoms with Crippen LogP contribution < -0.4 is 0 Å². The van der Waals surface area contributed by atoms with E-state index in [0.717, 1.165) is 34.8 Å². The van der Waals surface area contributed by atoms with Crippen molar-refractivity contribution in [2.45, 2.75) is 84.0 Å². The van der Waals surface area contributed by atoms with Crippen LogP contribution in [0.5, 0.6) is 0 Å². The zero-order chi connectivity index (χ0) is 13.5. The molecular weight excluding hydrogens is 232 g/mol. The molecule has 0 aromatic heterocycles. The lowest BCUT2D eigenvalue weighted by Crippen LogP contribution is -2.42. The Morgan fingerprint density at radius 3 is 1.56 bits per heavy atom. The van der Waals surface area contributed by atoms with E-state index in [1.54, 1.807) is 12.8 Å². The summed E-state index contributed by atoms with van der Waals surface area (Å²) < 4.78 is 0. The summed E-state index contributed by atoms with van der Waals surface area (Å²) in [6.07, 6.45) is 7.64. The van der Waals surface area contributed by atoms with E-state index in [1.807, 2.05) is 0 Å². The first-order chi connectivity index (χ1) is 8.37. The third-order valence-electron chi connectivity index (χ3n) is 7.14. The Hall–Kier alpha value is 0.217. The summed E-state index contributed by atoms with van der Waals surface area (Å²) in [5.74, 6) is 3.83. The van der Waals surface area contributed by atoms with Crippen molar-refractivity contribution in [1.29, 1.82) is 0 Å². The maximum Gasteiger partial charge on any atom is 0.0541 e.